The van der Waals surface area contributed by atoms with E-state index in [-0.39, 0.29) is 30.2 Å². The Balaban J connectivity index is 1.57. The van der Waals surface area contributed by atoms with Gasteiger partial charge in [-0.2, -0.15) is 0 Å². The van der Waals surface area contributed by atoms with Crippen LogP contribution in [0.2, 0.25) is 0 Å². The number of rotatable bonds is 4. The maximum Gasteiger partial charge on any atom is 0.232 e. The molecular weight excluding hydrogens is 354 g/mol. The minimum Gasteiger partial charge on any atom is -0.492 e. The Bertz CT molecular complexity index is 898. The number of para-hydroxylation sites is 3. The predicted molar refractivity (Wildman–Crippen MR) is 109 cm³/mol. The highest BCUT2D eigenvalue weighted by Crippen LogP contribution is 2.35. The molecule has 0 radical (unpaired) electrons. The highest BCUT2D eigenvalue weighted by molar-refractivity contribution is 6.05. The zero-order chi connectivity index (χ0) is 19.7. The SMILES string of the molecule is CCOc1ccccc1N1CC(C(=O)N2CC(N)Cc3ccccc32)CC1=O. The Hall–Kier alpha value is -2.86. The summed E-state index contributed by atoms with van der Waals surface area (Å²) in [5.74, 6) is 0.185. The first-order valence-electron chi connectivity index (χ1n) is 9.75. The molecule has 0 saturated carbocycles. The van der Waals surface area contributed by atoms with Gasteiger partial charge < -0.3 is 20.3 Å². The lowest BCUT2D eigenvalue weighted by molar-refractivity contribution is -0.124. The van der Waals surface area contributed by atoms with Crippen molar-refractivity contribution in [3.05, 3.63) is 54.1 Å². The summed E-state index contributed by atoms with van der Waals surface area (Å²) >= 11 is 0. The summed E-state index contributed by atoms with van der Waals surface area (Å²) in [6.45, 7) is 3.27. The molecule has 146 valence electrons. The molecule has 0 spiro atoms. The van der Waals surface area contributed by atoms with E-state index in [1.54, 1.807) is 9.80 Å². The number of fused-ring (bicyclic) bond motifs is 1. The molecule has 2 heterocycles. The number of nitrogens with two attached hydrogens (primary N) is 1. The fraction of sp³-hybridized carbons (Fsp3) is 0.364. The molecule has 0 aromatic heterocycles. The summed E-state index contributed by atoms with van der Waals surface area (Å²) in [5, 5.41) is 0. The molecule has 2 atom stereocenters. The van der Waals surface area contributed by atoms with Gasteiger partial charge in [0, 0.05) is 31.2 Å². The van der Waals surface area contributed by atoms with Crippen molar-refractivity contribution in [1.82, 2.24) is 0 Å². The van der Waals surface area contributed by atoms with E-state index in [0.29, 0.717) is 25.4 Å². The summed E-state index contributed by atoms with van der Waals surface area (Å²) in [4.78, 5) is 29.4. The third kappa shape index (κ3) is 3.36. The smallest absolute Gasteiger partial charge is 0.232 e. The standard InChI is InChI=1S/C22H25N3O3/c1-2-28-20-10-6-5-9-19(20)24-13-16(12-21(24)26)22(27)25-14-17(23)11-15-7-3-4-8-18(15)25/h3-10,16-17H,2,11-14,23H2,1H3. The van der Waals surface area contributed by atoms with E-state index >= 15 is 0 Å². The highest BCUT2D eigenvalue weighted by Gasteiger charge is 2.40. The number of hydrogen-bond donors (Lipinski definition) is 1. The number of ether oxygens (including phenoxy) is 1. The molecule has 2 aliphatic rings. The first-order valence-corrected chi connectivity index (χ1v) is 9.75. The normalized spacial score (nSPS) is 21.6. The van der Waals surface area contributed by atoms with Crippen LogP contribution >= 0.6 is 0 Å². The molecule has 6 heteroatoms. The molecule has 28 heavy (non-hydrogen) atoms. The van der Waals surface area contributed by atoms with Gasteiger partial charge in [0.15, 0.2) is 0 Å². The highest BCUT2D eigenvalue weighted by atomic mass is 16.5. The maximum atomic E-state index is 13.3. The maximum absolute atomic E-state index is 13.3. The third-order valence-corrected chi connectivity index (χ3v) is 5.38. The largest absolute Gasteiger partial charge is 0.492 e. The number of nitrogens with zero attached hydrogens (tertiary/aromatic N) is 2. The zero-order valence-electron chi connectivity index (χ0n) is 16.0. The minimum atomic E-state index is -0.388. The quantitative estimate of drug-likeness (QED) is 0.885. The Labute approximate surface area is 164 Å². The Morgan fingerprint density at radius 1 is 1.07 bits per heavy atom. The van der Waals surface area contributed by atoms with Gasteiger partial charge in [0.25, 0.3) is 0 Å². The molecular formula is C22H25N3O3. The van der Waals surface area contributed by atoms with Gasteiger partial charge in [-0.1, -0.05) is 30.3 Å². The van der Waals surface area contributed by atoms with Gasteiger partial charge in [-0.05, 0) is 37.1 Å². The Kier molecular flexibility index (Phi) is 5.05. The predicted octanol–water partition coefficient (Wildman–Crippen LogP) is 2.35. The van der Waals surface area contributed by atoms with Crippen molar-refractivity contribution in [2.45, 2.75) is 25.8 Å². The van der Waals surface area contributed by atoms with Gasteiger partial charge in [-0.3, -0.25) is 9.59 Å². The average Bonchev–Trinajstić information content (AvgIpc) is 3.09. The van der Waals surface area contributed by atoms with E-state index in [9.17, 15) is 9.59 Å². The fourth-order valence-corrected chi connectivity index (χ4v) is 4.12. The first-order chi connectivity index (χ1) is 13.6. The topological polar surface area (TPSA) is 75.9 Å². The van der Waals surface area contributed by atoms with Crippen LogP contribution in [-0.4, -0.2) is 37.6 Å². The number of anilines is 2. The molecule has 0 bridgehead atoms. The van der Waals surface area contributed by atoms with Crippen LogP contribution in [0.4, 0.5) is 11.4 Å². The van der Waals surface area contributed by atoms with E-state index in [1.165, 1.54) is 0 Å². The molecule has 2 aliphatic heterocycles. The number of carbonyl (C=O) groups is 2. The van der Waals surface area contributed by atoms with Crippen molar-refractivity contribution in [2.24, 2.45) is 11.7 Å². The minimum absolute atomic E-state index is 0.0349. The molecule has 2 unspecified atom stereocenters. The molecule has 4 rings (SSSR count). The Morgan fingerprint density at radius 2 is 1.79 bits per heavy atom. The van der Waals surface area contributed by atoms with E-state index in [4.69, 9.17) is 10.5 Å². The first kappa shape index (κ1) is 18.5. The van der Waals surface area contributed by atoms with Gasteiger partial charge in [0.1, 0.15) is 5.75 Å². The fourth-order valence-electron chi connectivity index (χ4n) is 4.12. The second kappa shape index (κ2) is 7.64. The van der Waals surface area contributed by atoms with Crippen LogP contribution in [0.15, 0.2) is 48.5 Å². The average molecular weight is 379 g/mol. The van der Waals surface area contributed by atoms with Crippen LogP contribution in [0.1, 0.15) is 18.9 Å². The van der Waals surface area contributed by atoms with Gasteiger partial charge in [0.2, 0.25) is 11.8 Å². The van der Waals surface area contributed by atoms with Crippen molar-refractivity contribution in [3.8, 4) is 5.75 Å². The lowest BCUT2D eigenvalue weighted by atomic mass is 9.96. The van der Waals surface area contributed by atoms with Gasteiger partial charge in [0.05, 0.1) is 18.2 Å². The van der Waals surface area contributed by atoms with Gasteiger partial charge >= 0.3 is 0 Å². The second-order valence-electron chi connectivity index (χ2n) is 7.35. The van der Waals surface area contributed by atoms with Crippen molar-refractivity contribution < 1.29 is 14.3 Å². The van der Waals surface area contributed by atoms with E-state index < -0.39 is 0 Å². The van der Waals surface area contributed by atoms with Crippen LogP contribution in [-0.2, 0) is 16.0 Å². The van der Waals surface area contributed by atoms with E-state index in [2.05, 4.69) is 0 Å². The van der Waals surface area contributed by atoms with Crippen molar-refractivity contribution in [3.63, 3.8) is 0 Å². The third-order valence-electron chi connectivity index (χ3n) is 5.38. The van der Waals surface area contributed by atoms with E-state index in [0.717, 1.165) is 23.4 Å². The summed E-state index contributed by atoms with van der Waals surface area (Å²) in [7, 11) is 0. The molecule has 2 N–H and O–H groups in total. The molecule has 0 aliphatic carbocycles. The summed E-state index contributed by atoms with van der Waals surface area (Å²) < 4.78 is 5.66. The molecule has 1 fully saturated rings. The van der Waals surface area contributed by atoms with Gasteiger partial charge in [-0.15, -0.1) is 0 Å². The summed E-state index contributed by atoms with van der Waals surface area (Å²) in [5.41, 5.74) is 8.90. The second-order valence-corrected chi connectivity index (χ2v) is 7.35. The van der Waals surface area contributed by atoms with Crippen LogP contribution in [0.3, 0.4) is 0 Å². The zero-order valence-corrected chi connectivity index (χ0v) is 16.0. The number of benzene rings is 2. The number of amides is 2. The summed E-state index contributed by atoms with van der Waals surface area (Å²) in [6, 6.07) is 15.2. The van der Waals surface area contributed by atoms with Gasteiger partial charge in [-0.25, -0.2) is 0 Å². The number of carbonyl (C=O) groups excluding carboxylic acids is 2. The number of hydrogen-bond acceptors (Lipinski definition) is 4. The lowest BCUT2D eigenvalue weighted by Gasteiger charge is -2.34. The molecule has 2 aromatic rings. The molecule has 6 nitrogen and oxygen atoms in total. The van der Waals surface area contributed by atoms with Crippen LogP contribution in [0.5, 0.6) is 5.75 Å². The van der Waals surface area contributed by atoms with Crippen LogP contribution in [0.25, 0.3) is 0 Å². The van der Waals surface area contributed by atoms with Crippen LogP contribution in [0, 0.1) is 5.92 Å². The van der Waals surface area contributed by atoms with Crippen molar-refractivity contribution >= 4 is 23.2 Å². The molecule has 1 saturated heterocycles. The molecule has 2 aromatic carbocycles. The van der Waals surface area contributed by atoms with E-state index in [1.807, 2.05) is 55.5 Å². The lowest BCUT2D eigenvalue weighted by Crippen LogP contribution is -2.48. The summed E-state index contributed by atoms with van der Waals surface area (Å²) in [6.07, 6.45) is 0.963. The van der Waals surface area contributed by atoms with Crippen molar-refractivity contribution in [1.29, 1.82) is 0 Å². The van der Waals surface area contributed by atoms with Crippen LogP contribution < -0.4 is 20.3 Å². The van der Waals surface area contributed by atoms with Crippen molar-refractivity contribution in [2.75, 3.05) is 29.5 Å². The monoisotopic (exact) mass is 379 g/mol. The Morgan fingerprint density at radius 3 is 2.57 bits per heavy atom. The molecule has 2 amide bonds.